The number of carbonyl (C=O) groups excluding carboxylic acids is 2. The molecular weight excluding hydrogens is 306 g/mol. The van der Waals surface area contributed by atoms with E-state index in [-0.39, 0.29) is 37.4 Å². The predicted molar refractivity (Wildman–Crippen MR) is 79.3 cm³/mol. The molecule has 5 nitrogen and oxygen atoms in total. The zero-order chi connectivity index (χ0) is 15.9. The standard InChI is InChI=1S/C16H24NO4.ClH/c1-13(18)21-15(11-17(2,3)4)10-16(19)20-12-14-8-6-5-7-9-14;/h5-9,15H,10-12H2,1-4H3;1H/q+1;/p-1/t15-;/m1./s1. The number of halogens is 1. The van der Waals surface area contributed by atoms with Crippen molar-refractivity contribution in [2.75, 3.05) is 27.7 Å². The number of carbonyl (C=O) groups is 2. The van der Waals surface area contributed by atoms with Crippen LogP contribution in [0.5, 0.6) is 0 Å². The molecule has 0 N–H and O–H groups in total. The smallest absolute Gasteiger partial charge is 0.310 e. The van der Waals surface area contributed by atoms with Crippen LogP contribution in [0.1, 0.15) is 18.9 Å². The second-order valence-electron chi connectivity index (χ2n) is 6.05. The Morgan fingerprint density at radius 1 is 1.14 bits per heavy atom. The first-order valence-electron chi connectivity index (χ1n) is 6.93. The lowest BCUT2D eigenvalue weighted by Gasteiger charge is -2.28. The minimum Gasteiger partial charge on any atom is -1.00 e. The van der Waals surface area contributed by atoms with Crippen molar-refractivity contribution in [2.45, 2.75) is 26.1 Å². The maximum atomic E-state index is 11.9. The molecule has 0 amide bonds. The molecule has 0 saturated carbocycles. The molecule has 0 saturated heterocycles. The quantitative estimate of drug-likeness (QED) is 0.464. The fraction of sp³-hybridized carbons (Fsp3) is 0.500. The number of hydrogen-bond acceptors (Lipinski definition) is 4. The van der Waals surface area contributed by atoms with Crippen molar-refractivity contribution in [2.24, 2.45) is 0 Å². The Balaban J connectivity index is 0.00000441. The summed E-state index contributed by atoms with van der Waals surface area (Å²) in [6.45, 7) is 2.13. The lowest BCUT2D eigenvalue weighted by Crippen LogP contribution is -3.00. The highest BCUT2D eigenvalue weighted by atomic mass is 35.5. The van der Waals surface area contributed by atoms with Gasteiger partial charge < -0.3 is 26.4 Å². The van der Waals surface area contributed by atoms with E-state index in [2.05, 4.69) is 0 Å². The van der Waals surface area contributed by atoms with Crippen LogP contribution >= 0.6 is 0 Å². The Bertz CT molecular complexity index is 471. The second-order valence-corrected chi connectivity index (χ2v) is 6.05. The third-order valence-corrected chi connectivity index (χ3v) is 2.72. The van der Waals surface area contributed by atoms with Crippen molar-refractivity contribution in [1.29, 1.82) is 0 Å². The summed E-state index contributed by atoms with van der Waals surface area (Å²) < 4.78 is 11.0. The summed E-state index contributed by atoms with van der Waals surface area (Å²) >= 11 is 0. The molecular formula is C16H24ClNO4. The molecule has 6 heteroatoms. The molecule has 0 unspecified atom stereocenters. The molecule has 22 heavy (non-hydrogen) atoms. The van der Waals surface area contributed by atoms with Crippen LogP contribution in [0.2, 0.25) is 0 Å². The van der Waals surface area contributed by atoms with Crippen molar-refractivity contribution >= 4 is 11.9 Å². The highest BCUT2D eigenvalue weighted by Crippen LogP contribution is 2.08. The second kappa shape index (κ2) is 9.43. The molecule has 1 rings (SSSR count). The number of likely N-dealkylation sites (N-methyl/N-ethyl adjacent to an activating group) is 1. The van der Waals surface area contributed by atoms with Crippen molar-refractivity contribution in [3.63, 3.8) is 0 Å². The number of esters is 2. The average molecular weight is 330 g/mol. The fourth-order valence-electron chi connectivity index (χ4n) is 1.97. The van der Waals surface area contributed by atoms with E-state index < -0.39 is 6.10 Å². The molecule has 0 aliphatic rings. The van der Waals surface area contributed by atoms with E-state index in [1.165, 1.54) is 6.92 Å². The number of hydrogen-bond donors (Lipinski definition) is 0. The van der Waals surface area contributed by atoms with Gasteiger partial charge in [0.2, 0.25) is 0 Å². The summed E-state index contributed by atoms with van der Waals surface area (Å²) in [6.07, 6.45) is -0.396. The van der Waals surface area contributed by atoms with E-state index >= 15 is 0 Å². The Morgan fingerprint density at radius 2 is 1.73 bits per heavy atom. The summed E-state index contributed by atoms with van der Waals surface area (Å²) in [6, 6.07) is 9.47. The molecule has 1 atom stereocenters. The maximum absolute atomic E-state index is 11.9. The van der Waals surface area contributed by atoms with Gasteiger partial charge in [-0.2, -0.15) is 0 Å². The molecule has 0 aliphatic heterocycles. The van der Waals surface area contributed by atoms with E-state index in [4.69, 9.17) is 9.47 Å². The van der Waals surface area contributed by atoms with E-state index in [0.29, 0.717) is 11.0 Å². The van der Waals surface area contributed by atoms with Crippen molar-refractivity contribution in [1.82, 2.24) is 0 Å². The maximum Gasteiger partial charge on any atom is 0.310 e. The van der Waals surface area contributed by atoms with Crippen LogP contribution in [0.4, 0.5) is 0 Å². The lowest BCUT2D eigenvalue weighted by molar-refractivity contribution is -0.873. The van der Waals surface area contributed by atoms with Gasteiger partial charge in [0.1, 0.15) is 13.2 Å². The van der Waals surface area contributed by atoms with Gasteiger partial charge in [0.15, 0.2) is 6.10 Å². The Morgan fingerprint density at radius 3 is 2.23 bits per heavy atom. The first-order valence-corrected chi connectivity index (χ1v) is 6.93. The van der Waals surface area contributed by atoms with Crippen LogP contribution in [-0.2, 0) is 25.7 Å². The van der Waals surface area contributed by atoms with Gasteiger partial charge in [-0.05, 0) is 5.56 Å². The van der Waals surface area contributed by atoms with E-state index in [9.17, 15) is 9.59 Å². The van der Waals surface area contributed by atoms with Gasteiger partial charge >= 0.3 is 11.9 Å². The molecule has 0 heterocycles. The zero-order valence-corrected chi connectivity index (χ0v) is 14.3. The molecule has 1 aromatic carbocycles. The third-order valence-electron chi connectivity index (χ3n) is 2.72. The highest BCUT2D eigenvalue weighted by molar-refractivity contribution is 5.71. The largest absolute Gasteiger partial charge is 1.00 e. The summed E-state index contributed by atoms with van der Waals surface area (Å²) in [4.78, 5) is 23.0. The SMILES string of the molecule is CC(=O)O[C@H](CC(=O)OCc1ccccc1)C[N+](C)(C)C.[Cl-]. The van der Waals surface area contributed by atoms with Crippen LogP contribution in [0.3, 0.4) is 0 Å². The number of nitrogens with zero attached hydrogens (tertiary/aromatic N) is 1. The topological polar surface area (TPSA) is 52.6 Å². The summed E-state index contributed by atoms with van der Waals surface area (Å²) in [5.41, 5.74) is 0.932. The first-order chi connectivity index (χ1) is 9.76. The number of quaternary nitrogens is 1. The molecule has 0 fully saturated rings. The van der Waals surface area contributed by atoms with Crippen molar-refractivity contribution < 1.29 is 36.0 Å². The summed E-state index contributed by atoms with van der Waals surface area (Å²) in [5, 5.41) is 0. The zero-order valence-electron chi connectivity index (χ0n) is 13.5. The van der Waals surface area contributed by atoms with Gasteiger partial charge in [0.05, 0.1) is 27.6 Å². The third kappa shape index (κ3) is 9.37. The fourth-order valence-corrected chi connectivity index (χ4v) is 1.97. The van der Waals surface area contributed by atoms with Gasteiger partial charge in [-0.25, -0.2) is 0 Å². The Kier molecular flexibility index (Phi) is 8.75. The van der Waals surface area contributed by atoms with Gasteiger partial charge in [-0.1, -0.05) is 30.3 Å². The predicted octanol–water partition coefficient (Wildman–Crippen LogP) is -1.24. The molecule has 0 aromatic heterocycles. The minimum atomic E-state index is -0.467. The van der Waals surface area contributed by atoms with Gasteiger partial charge in [0.25, 0.3) is 0 Å². The van der Waals surface area contributed by atoms with Gasteiger partial charge in [0, 0.05) is 6.92 Å². The summed E-state index contributed by atoms with van der Waals surface area (Å²) in [5.74, 6) is -0.747. The number of benzene rings is 1. The lowest BCUT2D eigenvalue weighted by atomic mass is 10.2. The van der Waals surface area contributed by atoms with Crippen LogP contribution in [0.25, 0.3) is 0 Å². The first kappa shape index (κ1) is 20.4. The van der Waals surface area contributed by atoms with Crippen molar-refractivity contribution in [3.8, 4) is 0 Å². The van der Waals surface area contributed by atoms with Crippen molar-refractivity contribution in [3.05, 3.63) is 35.9 Å². The average Bonchev–Trinajstić information content (AvgIpc) is 2.34. The molecule has 0 aliphatic carbocycles. The van der Waals surface area contributed by atoms with E-state index in [1.54, 1.807) is 0 Å². The Labute approximate surface area is 138 Å². The van der Waals surface area contributed by atoms with E-state index in [0.717, 1.165) is 5.56 Å². The molecule has 0 spiro atoms. The van der Waals surface area contributed by atoms with Crippen LogP contribution in [0.15, 0.2) is 30.3 Å². The number of ether oxygens (including phenoxy) is 2. The van der Waals surface area contributed by atoms with Crippen LogP contribution in [0, 0.1) is 0 Å². The normalized spacial score (nSPS) is 12.0. The molecule has 0 bridgehead atoms. The minimum absolute atomic E-state index is 0. The van der Waals surface area contributed by atoms with Gasteiger partial charge in [-0.3, -0.25) is 9.59 Å². The van der Waals surface area contributed by atoms with Gasteiger partial charge in [-0.15, -0.1) is 0 Å². The molecule has 124 valence electrons. The van der Waals surface area contributed by atoms with Crippen LogP contribution < -0.4 is 12.4 Å². The monoisotopic (exact) mass is 329 g/mol. The number of rotatable bonds is 7. The summed E-state index contributed by atoms with van der Waals surface area (Å²) in [7, 11) is 5.93. The highest BCUT2D eigenvalue weighted by Gasteiger charge is 2.24. The molecule has 0 radical (unpaired) electrons. The Hall–Kier alpha value is -1.59. The van der Waals surface area contributed by atoms with Crippen LogP contribution in [-0.4, -0.2) is 50.2 Å². The van der Waals surface area contributed by atoms with E-state index in [1.807, 2.05) is 51.5 Å². The molecule has 1 aromatic rings.